The van der Waals surface area contributed by atoms with Gasteiger partial charge in [0.1, 0.15) is 0 Å². The molecule has 2 rings (SSSR count). The predicted octanol–water partition coefficient (Wildman–Crippen LogP) is 1.81. The van der Waals surface area contributed by atoms with Crippen LogP contribution in [0.2, 0.25) is 0 Å². The number of hydrogen-bond acceptors (Lipinski definition) is 5. The Balaban J connectivity index is 2.74. The SMILES string of the molecule is Nc1nc2ccc(S(=O)(=O)Cl)cc2s1. The van der Waals surface area contributed by atoms with E-state index in [0.29, 0.717) is 15.3 Å². The van der Waals surface area contributed by atoms with Crippen LogP contribution in [-0.4, -0.2) is 13.4 Å². The molecular weight excluding hydrogens is 244 g/mol. The Morgan fingerprint density at radius 1 is 1.43 bits per heavy atom. The minimum Gasteiger partial charge on any atom is -0.375 e. The van der Waals surface area contributed by atoms with Gasteiger partial charge in [-0.05, 0) is 18.2 Å². The summed E-state index contributed by atoms with van der Waals surface area (Å²) in [7, 11) is 1.52. The maximum Gasteiger partial charge on any atom is 0.261 e. The maximum atomic E-state index is 11.0. The second-order valence-corrected chi connectivity index (χ2v) is 6.25. The average Bonchev–Trinajstić information content (AvgIpc) is 2.41. The molecular formula is C7H5ClN2O2S2. The molecule has 0 fully saturated rings. The number of aromatic nitrogens is 1. The summed E-state index contributed by atoms with van der Waals surface area (Å²) in [5.74, 6) is 0. The van der Waals surface area contributed by atoms with Crippen molar-refractivity contribution in [2.45, 2.75) is 4.90 Å². The molecule has 0 atom stereocenters. The summed E-state index contributed by atoms with van der Waals surface area (Å²) in [6.07, 6.45) is 0. The molecule has 0 amide bonds. The second-order valence-electron chi connectivity index (χ2n) is 2.62. The Morgan fingerprint density at radius 3 is 2.79 bits per heavy atom. The van der Waals surface area contributed by atoms with E-state index < -0.39 is 9.05 Å². The molecule has 2 N–H and O–H groups in total. The van der Waals surface area contributed by atoms with Crippen molar-refractivity contribution in [3.8, 4) is 0 Å². The largest absolute Gasteiger partial charge is 0.375 e. The van der Waals surface area contributed by atoms with Crippen LogP contribution in [0.4, 0.5) is 5.13 Å². The molecule has 0 unspecified atom stereocenters. The highest BCUT2D eigenvalue weighted by Crippen LogP contribution is 2.27. The van der Waals surface area contributed by atoms with Gasteiger partial charge in [0.15, 0.2) is 5.13 Å². The van der Waals surface area contributed by atoms with E-state index in [9.17, 15) is 8.42 Å². The van der Waals surface area contributed by atoms with Gasteiger partial charge in [-0.3, -0.25) is 0 Å². The van der Waals surface area contributed by atoms with E-state index in [1.165, 1.54) is 23.5 Å². The molecule has 0 saturated heterocycles. The van der Waals surface area contributed by atoms with Crippen LogP contribution in [0, 0.1) is 0 Å². The van der Waals surface area contributed by atoms with E-state index in [0.717, 1.165) is 0 Å². The van der Waals surface area contributed by atoms with Crippen molar-refractivity contribution in [1.29, 1.82) is 0 Å². The highest BCUT2D eigenvalue weighted by molar-refractivity contribution is 8.13. The first-order valence-electron chi connectivity index (χ1n) is 3.57. The number of anilines is 1. The molecule has 7 heteroatoms. The van der Waals surface area contributed by atoms with Crippen molar-refractivity contribution in [1.82, 2.24) is 4.98 Å². The summed E-state index contributed by atoms with van der Waals surface area (Å²) in [6, 6.07) is 4.45. The molecule has 0 radical (unpaired) electrons. The van der Waals surface area contributed by atoms with Crippen LogP contribution in [0.25, 0.3) is 10.2 Å². The number of nitrogen functional groups attached to an aromatic ring is 1. The number of halogens is 1. The van der Waals surface area contributed by atoms with Crippen molar-refractivity contribution in [2.24, 2.45) is 0 Å². The molecule has 0 aliphatic carbocycles. The maximum absolute atomic E-state index is 11.0. The molecule has 1 heterocycles. The molecule has 0 saturated carbocycles. The third-order valence-electron chi connectivity index (χ3n) is 1.66. The number of nitrogens with two attached hydrogens (primary N) is 1. The number of hydrogen-bond donors (Lipinski definition) is 1. The van der Waals surface area contributed by atoms with Crippen LogP contribution in [-0.2, 0) is 9.05 Å². The molecule has 14 heavy (non-hydrogen) atoms. The topological polar surface area (TPSA) is 73.0 Å². The van der Waals surface area contributed by atoms with Crippen molar-refractivity contribution in [3.63, 3.8) is 0 Å². The lowest BCUT2D eigenvalue weighted by molar-refractivity contribution is 0.609. The standard InChI is InChI=1S/C7H5ClN2O2S2/c8-14(11,12)4-1-2-5-6(3-4)13-7(9)10-5/h1-3H,(H2,9,10). The summed E-state index contributed by atoms with van der Waals surface area (Å²) in [5.41, 5.74) is 6.15. The van der Waals surface area contributed by atoms with Crippen molar-refractivity contribution in [2.75, 3.05) is 5.73 Å². The molecule has 1 aromatic heterocycles. The van der Waals surface area contributed by atoms with E-state index in [1.54, 1.807) is 6.07 Å². The van der Waals surface area contributed by atoms with Crippen molar-refractivity contribution >= 4 is 46.4 Å². The number of benzene rings is 1. The van der Waals surface area contributed by atoms with Crippen molar-refractivity contribution < 1.29 is 8.42 Å². The Labute approximate surface area is 88.7 Å². The lowest BCUT2D eigenvalue weighted by Crippen LogP contribution is -1.88. The molecule has 4 nitrogen and oxygen atoms in total. The summed E-state index contributed by atoms with van der Waals surface area (Å²) >= 11 is 1.23. The lowest BCUT2D eigenvalue weighted by atomic mass is 10.3. The quantitative estimate of drug-likeness (QED) is 0.781. The highest BCUT2D eigenvalue weighted by Gasteiger charge is 2.11. The first-order valence-corrected chi connectivity index (χ1v) is 6.70. The van der Waals surface area contributed by atoms with Gasteiger partial charge in [0, 0.05) is 10.7 Å². The normalized spacial score (nSPS) is 12.1. The van der Waals surface area contributed by atoms with E-state index in [-0.39, 0.29) is 4.90 Å². The van der Waals surface area contributed by atoms with E-state index in [2.05, 4.69) is 4.98 Å². The number of nitrogens with zero attached hydrogens (tertiary/aromatic N) is 1. The van der Waals surface area contributed by atoms with Gasteiger partial charge in [0.2, 0.25) is 0 Å². The van der Waals surface area contributed by atoms with Gasteiger partial charge in [-0.15, -0.1) is 0 Å². The van der Waals surface area contributed by atoms with Crippen LogP contribution in [0.1, 0.15) is 0 Å². The van der Waals surface area contributed by atoms with Gasteiger partial charge in [-0.1, -0.05) is 11.3 Å². The number of thiazole rings is 1. The van der Waals surface area contributed by atoms with Gasteiger partial charge < -0.3 is 5.73 Å². The minimum absolute atomic E-state index is 0.0651. The molecule has 0 bridgehead atoms. The zero-order valence-electron chi connectivity index (χ0n) is 6.77. The lowest BCUT2D eigenvalue weighted by Gasteiger charge is -1.93. The third kappa shape index (κ3) is 1.68. The summed E-state index contributed by atoms with van der Waals surface area (Å²) in [5, 5.41) is 0.407. The van der Waals surface area contributed by atoms with Gasteiger partial charge in [0.05, 0.1) is 15.1 Å². The van der Waals surface area contributed by atoms with Gasteiger partial charge in [0.25, 0.3) is 9.05 Å². The van der Waals surface area contributed by atoms with Gasteiger partial charge >= 0.3 is 0 Å². The zero-order chi connectivity index (χ0) is 10.3. The van der Waals surface area contributed by atoms with Crippen LogP contribution in [0.3, 0.4) is 0 Å². The highest BCUT2D eigenvalue weighted by atomic mass is 35.7. The molecule has 0 aliphatic rings. The van der Waals surface area contributed by atoms with Crippen LogP contribution < -0.4 is 5.73 Å². The zero-order valence-corrected chi connectivity index (χ0v) is 9.16. The Hall–Kier alpha value is -0.850. The van der Waals surface area contributed by atoms with E-state index >= 15 is 0 Å². The first-order chi connectivity index (χ1) is 6.47. The van der Waals surface area contributed by atoms with Gasteiger partial charge in [-0.25, -0.2) is 13.4 Å². The van der Waals surface area contributed by atoms with Crippen LogP contribution in [0.15, 0.2) is 23.1 Å². The number of fused-ring (bicyclic) bond motifs is 1. The van der Waals surface area contributed by atoms with Gasteiger partial charge in [-0.2, -0.15) is 0 Å². The fourth-order valence-electron chi connectivity index (χ4n) is 1.07. The molecule has 1 aromatic carbocycles. The predicted molar refractivity (Wildman–Crippen MR) is 57.1 cm³/mol. The number of rotatable bonds is 1. The smallest absolute Gasteiger partial charge is 0.261 e. The first kappa shape index (κ1) is 9.70. The van der Waals surface area contributed by atoms with E-state index in [4.69, 9.17) is 16.4 Å². The van der Waals surface area contributed by atoms with Crippen molar-refractivity contribution in [3.05, 3.63) is 18.2 Å². The molecule has 0 aliphatic heterocycles. The van der Waals surface area contributed by atoms with Crippen LogP contribution in [0.5, 0.6) is 0 Å². The fraction of sp³-hybridized carbons (Fsp3) is 0. The second kappa shape index (κ2) is 3.08. The Morgan fingerprint density at radius 2 is 2.14 bits per heavy atom. The third-order valence-corrected chi connectivity index (χ3v) is 3.86. The Bertz CT molecular complexity index is 591. The average molecular weight is 249 g/mol. The van der Waals surface area contributed by atoms with E-state index in [1.807, 2.05) is 0 Å². The molecule has 2 aromatic rings. The summed E-state index contributed by atoms with van der Waals surface area (Å²) in [4.78, 5) is 4.06. The fourth-order valence-corrected chi connectivity index (χ4v) is 2.70. The summed E-state index contributed by atoms with van der Waals surface area (Å²) < 4.78 is 22.7. The Kier molecular flexibility index (Phi) is 2.13. The summed E-state index contributed by atoms with van der Waals surface area (Å²) in [6.45, 7) is 0. The molecule has 0 spiro atoms. The monoisotopic (exact) mass is 248 g/mol. The minimum atomic E-state index is -3.67. The van der Waals surface area contributed by atoms with Crippen LogP contribution >= 0.6 is 22.0 Å². The molecule has 74 valence electrons.